The predicted molar refractivity (Wildman–Crippen MR) is 148 cm³/mol. The molecule has 0 aliphatic heterocycles. The molecule has 0 aliphatic rings. The van der Waals surface area contributed by atoms with E-state index < -0.39 is 35.5 Å². The molecule has 0 unspecified atom stereocenters. The van der Waals surface area contributed by atoms with Gasteiger partial charge in [0.05, 0.1) is 29.7 Å². The number of fused-ring (bicyclic) bond motifs is 1. The second-order valence-corrected chi connectivity index (χ2v) is 9.57. The van der Waals surface area contributed by atoms with E-state index in [2.05, 4.69) is 20.0 Å². The van der Waals surface area contributed by atoms with Crippen LogP contribution < -0.4 is 27.2 Å². The number of nitrogens with one attached hydrogen (secondary N) is 1. The van der Waals surface area contributed by atoms with E-state index in [1.54, 1.807) is 0 Å². The highest BCUT2D eigenvalue weighted by molar-refractivity contribution is 5.79. The molecular weight excluding hydrogens is 596 g/mol. The summed E-state index contributed by atoms with van der Waals surface area (Å²) in [6, 6.07) is 13.7. The molecule has 5 rings (SSSR count). The van der Waals surface area contributed by atoms with Crippen LogP contribution in [0.3, 0.4) is 0 Å². The molecule has 0 atom stereocenters. The van der Waals surface area contributed by atoms with Crippen molar-refractivity contribution in [2.24, 2.45) is 0 Å². The van der Waals surface area contributed by atoms with Crippen LogP contribution in [0.4, 0.5) is 38.2 Å². The van der Waals surface area contributed by atoms with E-state index in [0.29, 0.717) is 16.6 Å². The molecule has 10 nitrogen and oxygen atoms in total. The van der Waals surface area contributed by atoms with Crippen molar-refractivity contribution in [3.63, 3.8) is 0 Å². The first-order chi connectivity index (χ1) is 20.9. The van der Waals surface area contributed by atoms with Crippen molar-refractivity contribution < 1.29 is 31.1 Å². The summed E-state index contributed by atoms with van der Waals surface area (Å²) in [5.41, 5.74) is 4.73. The third-order valence-corrected chi connectivity index (χ3v) is 6.62. The Balaban J connectivity index is 1.44. The van der Waals surface area contributed by atoms with Crippen molar-refractivity contribution in [3.05, 3.63) is 110 Å². The molecule has 16 heteroatoms. The number of ether oxygens (including phenoxy) is 1. The molecule has 3 aromatic carbocycles. The fraction of sp³-hybridized carbons (Fsp3) is 0.214. The summed E-state index contributed by atoms with van der Waals surface area (Å²) < 4.78 is 85.7. The lowest BCUT2D eigenvalue weighted by atomic mass is 10.2. The van der Waals surface area contributed by atoms with Crippen LogP contribution in [-0.2, 0) is 25.8 Å². The second kappa shape index (κ2) is 12.1. The number of alkyl halides is 5. The number of rotatable bonds is 10. The number of hydrogen-bond acceptors (Lipinski definition) is 7. The Kier molecular flexibility index (Phi) is 8.33. The molecule has 0 spiro atoms. The van der Waals surface area contributed by atoms with Gasteiger partial charge in [0.1, 0.15) is 11.6 Å². The molecular formula is C28H23F6N7O3. The van der Waals surface area contributed by atoms with E-state index in [-0.39, 0.29) is 49.3 Å². The molecule has 2 aromatic heterocycles. The molecule has 2 heterocycles. The number of imidazole rings is 1. The Bertz CT molecular complexity index is 1900. The molecule has 0 saturated carbocycles. The Labute approximate surface area is 244 Å². The van der Waals surface area contributed by atoms with Crippen LogP contribution in [-0.4, -0.2) is 36.8 Å². The van der Waals surface area contributed by atoms with Crippen molar-refractivity contribution in [2.45, 2.75) is 32.4 Å². The Morgan fingerprint density at radius 3 is 2.14 bits per heavy atom. The highest BCUT2D eigenvalue weighted by Crippen LogP contribution is 2.31. The minimum absolute atomic E-state index is 0.0195. The van der Waals surface area contributed by atoms with Crippen LogP contribution in [0.25, 0.3) is 11.0 Å². The highest BCUT2D eigenvalue weighted by Gasteiger charge is 2.31. The molecule has 0 amide bonds. The van der Waals surface area contributed by atoms with Gasteiger partial charge in [0.2, 0.25) is 11.9 Å². The van der Waals surface area contributed by atoms with Crippen LogP contribution in [0.15, 0.2) is 76.3 Å². The van der Waals surface area contributed by atoms with Gasteiger partial charge in [-0.05, 0) is 53.6 Å². The van der Waals surface area contributed by atoms with Crippen molar-refractivity contribution >= 4 is 22.9 Å². The molecule has 0 bridgehead atoms. The lowest BCUT2D eigenvalue weighted by Crippen LogP contribution is -2.43. The van der Waals surface area contributed by atoms with Gasteiger partial charge < -0.3 is 20.4 Å². The van der Waals surface area contributed by atoms with Gasteiger partial charge in [0.15, 0.2) is 0 Å². The van der Waals surface area contributed by atoms with Crippen LogP contribution in [0, 0.1) is 5.82 Å². The summed E-state index contributed by atoms with van der Waals surface area (Å²) in [7, 11) is 0. The molecule has 0 saturated heterocycles. The SMILES string of the molecule is Nc1nc2cc(C(F)(F)F)ccc2n1CCNc1nc(=O)n(Cc2ccc(F)cc2)c(=O)n1Cc1ccc(OC(F)F)cc1. The highest BCUT2D eigenvalue weighted by atomic mass is 19.4. The van der Waals surface area contributed by atoms with Crippen LogP contribution >= 0.6 is 0 Å². The fourth-order valence-corrected chi connectivity index (χ4v) is 4.51. The number of nitrogens with two attached hydrogens (primary N) is 1. The van der Waals surface area contributed by atoms with E-state index in [4.69, 9.17) is 5.73 Å². The monoisotopic (exact) mass is 619 g/mol. The Morgan fingerprint density at radius 1 is 0.864 bits per heavy atom. The van der Waals surface area contributed by atoms with Gasteiger partial charge in [-0.15, -0.1) is 0 Å². The summed E-state index contributed by atoms with van der Waals surface area (Å²) in [5.74, 6) is -0.776. The molecule has 0 aliphatic carbocycles. The van der Waals surface area contributed by atoms with Gasteiger partial charge in [-0.3, -0.25) is 4.57 Å². The quantitative estimate of drug-likeness (QED) is 0.224. The summed E-state index contributed by atoms with van der Waals surface area (Å²) in [6.07, 6.45) is -4.56. The lowest BCUT2D eigenvalue weighted by Gasteiger charge is -2.16. The summed E-state index contributed by atoms with van der Waals surface area (Å²) >= 11 is 0. The van der Waals surface area contributed by atoms with Gasteiger partial charge in [0, 0.05) is 13.1 Å². The number of nitrogens with zero attached hydrogens (tertiary/aromatic N) is 5. The fourth-order valence-electron chi connectivity index (χ4n) is 4.51. The molecule has 44 heavy (non-hydrogen) atoms. The maximum Gasteiger partial charge on any atom is 0.416 e. The third-order valence-electron chi connectivity index (χ3n) is 6.62. The number of halogens is 6. The minimum Gasteiger partial charge on any atom is -0.435 e. The van der Waals surface area contributed by atoms with E-state index in [1.807, 2.05) is 0 Å². The zero-order chi connectivity index (χ0) is 31.6. The number of aromatic nitrogens is 5. The zero-order valence-corrected chi connectivity index (χ0v) is 22.6. The lowest BCUT2D eigenvalue weighted by molar-refractivity contribution is -0.137. The number of anilines is 2. The zero-order valence-electron chi connectivity index (χ0n) is 22.6. The summed E-state index contributed by atoms with van der Waals surface area (Å²) in [5, 5.41) is 2.90. The Morgan fingerprint density at radius 2 is 1.50 bits per heavy atom. The largest absolute Gasteiger partial charge is 0.435 e. The smallest absolute Gasteiger partial charge is 0.416 e. The first-order valence-corrected chi connectivity index (χ1v) is 13.0. The normalized spacial score (nSPS) is 11.8. The average Bonchev–Trinajstić information content (AvgIpc) is 3.28. The van der Waals surface area contributed by atoms with E-state index >= 15 is 0 Å². The first kappa shape index (κ1) is 30.2. The second-order valence-electron chi connectivity index (χ2n) is 9.57. The van der Waals surface area contributed by atoms with Crippen molar-refractivity contribution in [1.82, 2.24) is 23.7 Å². The van der Waals surface area contributed by atoms with Crippen LogP contribution in [0.1, 0.15) is 16.7 Å². The van der Waals surface area contributed by atoms with E-state index in [1.165, 1.54) is 59.2 Å². The van der Waals surface area contributed by atoms with Crippen molar-refractivity contribution in [3.8, 4) is 5.75 Å². The summed E-state index contributed by atoms with van der Waals surface area (Å²) in [6.45, 7) is -3.27. The van der Waals surface area contributed by atoms with Crippen LogP contribution in [0.5, 0.6) is 5.75 Å². The molecule has 5 aromatic rings. The summed E-state index contributed by atoms with van der Waals surface area (Å²) in [4.78, 5) is 34.5. The predicted octanol–water partition coefficient (Wildman–Crippen LogP) is 4.30. The van der Waals surface area contributed by atoms with Gasteiger partial charge in [-0.1, -0.05) is 24.3 Å². The third kappa shape index (κ3) is 6.68. The minimum atomic E-state index is -4.56. The maximum absolute atomic E-state index is 13.6. The molecule has 0 radical (unpaired) electrons. The Hall–Kier alpha value is -5.28. The van der Waals surface area contributed by atoms with Crippen molar-refractivity contribution in [1.29, 1.82) is 0 Å². The average molecular weight is 620 g/mol. The number of hydrogen-bond donors (Lipinski definition) is 2. The molecule has 3 N–H and O–H groups in total. The number of benzene rings is 3. The van der Waals surface area contributed by atoms with Gasteiger partial charge >= 0.3 is 24.2 Å². The topological polar surface area (TPSA) is 122 Å². The van der Waals surface area contributed by atoms with Gasteiger partial charge in [-0.25, -0.2) is 23.5 Å². The number of nitrogen functional groups attached to an aromatic ring is 1. The van der Waals surface area contributed by atoms with E-state index in [0.717, 1.165) is 21.3 Å². The molecule has 230 valence electrons. The molecule has 0 fully saturated rings. The standard InChI is InChI=1S/C28H23F6N7O3/c29-19-6-1-16(2-7-19)15-41-26(42)38-25(40(27(41)43)14-17-3-8-20(9-4-17)44-23(30)31)36-11-12-39-22-10-5-18(28(32,33)34)13-21(22)37-24(39)35/h1-10,13,23H,11-12,14-15H2,(H2,35,37)(H,36,38,42). The van der Waals surface area contributed by atoms with Gasteiger partial charge in [0.25, 0.3) is 0 Å². The first-order valence-electron chi connectivity index (χ1n) is 13.0. The van der Waals surface area contributed by atoms with Crippen LogP contribution in [0.2, 0.25) is 0 Å². The van der Waals surface area contributed by atoms with E-state index in [9.17, 15) is 35.9 Å². The van der Waals surface area contributed by atoms with Gasteiger partial charge in [-0.2, -0.15) is 26.9 Å². The maximum atomic E-state index is 13.6. The van der Waals surface area contributed by atoms with Crippen molar-refractivity contribution in [2.75, 3.05) is 17.6 Å².